The molecule has 0 amide bonds. The smallest absolute Gasteiger partial charge is 0.243 e. The number of aromatic hydroxyl groups is 1. The van der Waals surface area contributed by atoms with Crippen LogP contribution in [-0.2, 0) is 23.0 Å². The minimum atomic E-state index is -3.47. The number of hydrogen-bond donors (Lipinski definition) is 2. The Morgan fingerprint density at radius 2 is 1.79 bits per heavy atom. The van der Waals surface area contributed by atoms with Gasteiger partial charge in [0.2, 0.25) is 10.0 Å². The van der Waals surface area contributed by atoms with E-state index >= 15 is 0 Å². The highest BCUT2D eigenvalue weighted by Crippen LogP contribution is 2.28. The Morgan fingerprint density at radius 1 is 1.17 bits per heavy atom. The lowest BCUT2D eigenvalue weighted by molar-refractivity contribution is -0.917. The summed E-state index contributed by atoms with van der Waals surface area (Å²) in [6.45, 7) is 8.56. The van der Waals surface area contributed by atoms with Crippen molar-refractivity contribution in [3.8, 4) is 11.5 Å². The van der Waals surface area contributed by atoms with E-state index in [2.05, 4.69) is 6.58 Å². The first-order valence-electron chi connectivity index (χ1n) is 9.75. The first kappa shape index (κ1) is 21.4. The summed E-state index contributed by atoms with van der Waals surface area (Å²) in [4.78, 5) is 1.57. The van der Waals surface area contributed by atoms with E-state index in [1.54, 1.807) is 29.6 Å². The van der Waals surface area contributed by atoms with Crippen molar-refractivity contribution in [3.63, 3.8) is 0 Å². The average Bonchev–Trinajstić information content (AvgIpc) is 2.71. The van der Waals surface area contributed by atoms with E-state index in [0.29, 0.717) is 49.8 Å². The molecule has 0 unspecified atom stereocenters. The van der Waals surface area contributed by atoms with Gasteiger partial charge < -0.3 is 14.7 Å². The molecule has 3 rings (SSSR count). The molecule has 0 spiro atoms. The molecule has 1 saturated heterocycles. The number of sulfonamides is 1. The van der Waals surface area contributed by atoms with Gasteiger partial charge in [0, 0.05) is 5.56 Å². The summed E-state index contributed by atoms with van der Waals surface area (Å²) in [6.07, 6.45) is 2.31. The Balaban J connectivity index is 1.69. The molecule has 0 bridgehead atoms. The zero-order chi connectivity index (χ0) is 21.0. The summed E-state index contributed by atoms with van der Waals surface area (Å²) in [7, 11) is -1.86. The number of ether oxygens (including phenoxy) is 1. The van der Waals surface area contributed by atoms with Gasteiger partial charge in [0.25, 0.3) is 0 Å². The largest absolute Gasteiger partial charge is 0.507 e. The molecule has 2 aromatic rings. The summed E-state index contributed by atoms with van der Waals surface area (Å²) in [6, 6.07) is 10.6. The number of phenols is 1. The molecule has 1 aliphatic rings. The van der Waals surface area contributed by atoms with Gasteiger partial charge in [-0.2, -0.15) is 4.31 Å². The predicted molar refractivity (Wildman–Crippen MR) is 113 cm³/mol. The van der Waals surface area contributed by atoms with E-state index in [9.17, 15) is 13.5 Å². The summed E-state index contributed by atoms with van der Waals surface area (Å²) in [5, 5.41) is 10.6. The number of piperazine rings is 1. The molecule has 156 valence electrons. The molecule has 1 fully saturated rings. The van der Waals surface area contributed by atoms with Crippen LogP contribution < -0.4 is 9.64 Å². The van der Waals surface area contributed by atoms with Crippen molar-refractivity contribution in [2.45, 2.75) is 24.8 Å². The maximum atomic E-state index is 12.9. The van der Waals surface area contributed by atoms with Crippen LogP contribution in [0.15, 0.2) is 53.9 Å². The van der Waals surface area contributed by atoms with E-state index in [1.165, 1.54) is 4.90 Å². The lowest BCUT2D eigenvalue weighted by Gasteiger charge is -2.31. The third-order valence-corrected chi connectivity index (χ3v) is 7.28. The van der Waals surface area contributed by atoms with Crippen LogP contribution in [0.5, 0.6) is 11.5 Å². The van der Waals surface area contributed by atoms with Gasteiger partial charge in [-0.1, -0.05) is 23.8 Å². The standard InChI is InChI=1S/C22H28N2O4S/c1-4-5-18-14-20(28-3)15-19(22(18)25)16-23-10-12-24(13-11-23)29(26,27)21-8-6-17(2)7-9-21/h4,6-9,14-15,25H,1,5,10-13,16H2,2-3H3/p+1. The molecular weight excluding hydrogens is 388 g/mol. The molecule has 29 heavy (non-hydrogen) atoms. The zero-order valence-corrected chi connectivity index (χ0v) is 17.8. The Morgan fingerprint density at radius 3 is 2.38 bits per heavy atom. The second kappa shape index (κ2) is 8.98. The van der Waals surface area contributed by atoms with E-state index in [-0.39, 0.29) is 5.75 Å². The number of phenolic OH excluding ortho intramolecular Hbond substituents is 1. The molecule has 2 N–H and O–H groups in total. The second-order valence-electron chi connectivity index (χ2n) is 7.43. The number of allylic oxidation sites excluding steroid dienone is 1. The maximum absolute atomic E-state index is 12.9. The van der Waals surface area contributed by atoms with Crippen LogP contribution in [0.2, 0.25) is 0 Å². The van der Waals surface area contributed by atoms with Crippen molar-refractivity contribution in [2.24, 2.45) is 0 Å². The van der Waals surface area contributed by atoms with Gasteiger partial charge in [-0.15, -0.1) is 6.58 Å². The molecule has 0 atom stereocenters. The fourth-order valence-electron chi connectivity index (χ4n) is 3.64. The van der Waals surface area contributed by atoms with Crippen LogP contribution in [-0.4, -0.2) is 51.1 Å². The lowest BCUT2D eigenvalue weighted by Crippen LogP contribution is -3.13. The van der Waals surface area contributed by atoms with Crippen molar-refractivity contribution in [1.29, 1.82) is 0 Å². The highest BCUT2D eigenvalue weighted by Gasteiger charge is 2.30. The Kier molecular flexibility index (Phi) is 6.62. The maximum Gasteiger partial charge on any atom is 0.243 e. The fraction of sp³-hybridized carbons (Fsp3) is 0.364. The Labute approximate surface area is 173 Å². The molecule has 2 aromatic carbocycles. The number of benzene rings is 2. The highest BCUT2D eigenvalue weighted by molar-refractivity contribution is 7.89. The van der Waals surface area contributed by atoms with Crippen LogP contribution >= 0.6 is 0 Å². The van der Waals surface area contributed by atoms with Crippen molar-refractivity contribution in [3.05, 3.63) is 65.7 Å². The Bertz CT molecular complexity index is 963. The van der Waals surface area contributed by atoms with Gasteiger partial charge >= 0.3 is 0 Å². The fourth-order valence-corrected chi connectivity index (χ4v) is 5.08. The predicted octanol–water partition coefficient (Wildman–Crippen LogP) is 1.53. The summed E-state index contributed by atoms with van der Waals surface area (Å²) < 4.78 is 32.7. The van der Waals surface area contributed by atoms with Crippen molar-refractivity contribution in [2.75, 3.05) is 33.3 Å². The molecule has 1 heterocycles. The number of rotatable bonds is 7. The quantitative estimate of drug-likeness (QED) is 0.671. The number of quaternary nitrogens is 1. The first-order valence-corrected chi connectivity index (χ1v) is 11.2. The van der Waals surface area contributed by atoms with Gasteiger partial charge in [-0.3, -0.25) is 0 Å². The lowest BCUT2D eigenvalue weighted by atomic mass is 10.0. The van der Waals surface area contributed by atoms with Gasteiger partial charge in [-0.25, -0.2) is 8.42 Å². The van der Waals surface area contributed by atoms with Gasteiger partial charge in [-0.05, 0) is 37.6 Å². The second-order valence-corrected chi connectivity index (χ2v) is 9.37. The van der Waals surface area contributed by atoms with Crippen LogP contribution in [0.4, 0.5) is 0 Å². The monoisotopic (exact) mass is 417 g/mol. The molecule has 0 aliphatic carbocycles. The van der Waals surface area contributed by atoms with Gasteiger partial charge in [0.05, 0.1) is 43.7 Å². The van der Waals surface area contributed by atoms with Crippen molar-refractivity contribution in [1.82, 2.24) is 4.31 Å². The minimum Gasteiger partial charge on any atom is -0.507 e. The molecular formula is C22H29N2O4S+. The third kappa shape index (κ3) is 4.80. The zero-order valence-electron chi connectivity index (χ0n) is 17.0. The molecule has 7 heteroatoms. The minimum absolute atomic E-state index is 0.271. The van der Waals surface area contributed by atoms with Gasteiger partial charge in [0.1, 0.15) is 18.0 Å². The summed E-state index contributed by atoms with van der Waals surface area (Å²) in [5.41, 5.74) is 2.63. The first-order chi connectivity index (χ1) is 13.8. The summed E-state index contributed by atoms with van der Waals surface area (Å²) >= 11 is 0. The molecule has 1 aliphatic heterocycles. The van der Waals surface area contributed by atoms with Crippen molar-refractivity contribution < 1.29 is 23.2 Å². The van der Waals surface area contributed by atoms with Gasteiger partial charge in [0.15, 0.2) is 0 Å². The van der Waals surface area contributed by atoms with E-state index < -0.39 is 10.0 Å². The van der Waals surface area contributed by atoms with Crippen molar-refractivity contribution >= 4 is 10.0 Å². The number of aryl methyl sites for hydroxylation is 1. The van der Waals surface area contributed by atoms with Crippen LogP contribution in [0, 0.1) is 6.92 Å². The number of nitrogens with one attached hydrogen (secondary N) is 1. The van der Waals surface area contributed by atoms with E-state index in [0.717, 1.165) is 16.7 Å². The van der Waals surface area contributed by atoms with Crippen LogP contribution in [0.25, 0.3) is 0 Å². The normalized spacial score (nSPS) is 15.9. The number of methoxy groups -OCH3 is 1. The topological polar surface area (TPSA) is 71.3 Å². The third-order valence-electron chi connectivity index (χ3n) is 5.37. The molecule has 0 aromatic heterocycles. The number of nitrogens with zero attached hydrogens (tertiary/aromatic N) is 1. The molecule has 0 saturated carbocycles. The SMILES string of the molecule is C=CCc1cc(OC)cc(C[NH+]2CCN(S(=O)(=O)c3ccc(C)cc3)CC2)c1O. The van der Waals surface area contributed by atoms with Crippen LogP contribution in [0.1, 0.15) is 16.7 Å². The molecule has 6 nitrogen and oxygen atoms in total. The van der Waals surface area contributed by atoms with E-state index in [4.69, 9.17) is 4.74 Å². The Hall–Kier alpha value is -2.35. The average molecular weight is 418 g/mol. The highest BCUT2D eigenvalue weighted by atomic mass is 32.2. The molecule has 0 radical (unpaired) electrons. The van der Waals surface area contributed by atoms with E-state index in [1.807, 2.05) is 31.2 Å². The summed E-state index contributed by atoms with van der Waals surface area (Å²) in [5.74, 6) is 0.975. The van der Waals surface area contributed by atoms with Crippen LogP contribution in [0.3, 0.4) is 0 Å². The number of hydrogen-bond acceptors (Lipinski definition) is 4.